The molecule has 2 aromatic rings. The number of nitro benzene ring substituents is 2. The van der Waals surface area contributed by atoms with E-state index in [-0.39, 0.29) is 273 Å². The molecule has 0 bridgehead atoms. The van der Waals surface area contributed by atoms with Gasteiger partial charge < -0.3 is 62.1 Å². The molecule has 3 fully saturated rings. The first-order valence-electron chi connectivity index (χ1n) is 20.4. The maximum atomic E-state index is 12.6. The molecule has 0 aliphatic carbocycles. The molecule has 0 amide bonds. The van der Waals surface area contributed by atoms with Gasteiger partial charge in [0.2, 0.25) is 0 Å². The number of aliphatic hydroxyl groups excluding tert-OH is 2. The summed E-state index contributed by atoms with van der Waals surface area (Å²) < 4.78 is 94.0. The van der Waals surface area contributed by atoms with Crippen molar-refractivity contribution in [2.24, 2.45) is 11.8 Å². The van der Waals surface area contributed by atoms with Crippen LogP contribution < -0.4 is 229 Å². The molecule has 5 unspecified atom stereocenters. The van der Waals surface area contributed by atoms with Gasteiger partial charge in [0.25, 0.3) is 34.8 Å². The molecule has 0 saturated carbocycles. The standard InChI is InChI=1S/C14H16Cl2NO7P.C7H12Cl2O2.C7H5ClNO4P.C6H13Cl2O12P3.4K/c1-8-13(23-9(2)14(8,15)16)7-22-25(20)21-6-10-5-11(17(18)19)3-4-12(10)24-25;1-4-6(3-10)11-5(2)7(4,8)9;8-14-12-4-5-3-6(9(10)11)1-2-7(5)13-14;1-3-6(7,8)5(9)4(18-3)2-17-22(13,14)20-23(15,16)19-21(10,11)12;;;;/h3-5,8-9,13H,6-7H2,1-2H3;4-6,10H,3H2,1-2H3;1-3H,4H2;3-5,9H,2H2,1H3,(H,13,14)(H,15,16)(H2,10,11,12);;;;/q;;;;4*+1/p-3/t8-,9+,13-,25?;4-,5+,6-;;3-,4+,5+;;;;/m11.0..../s1. The number of phosphoric ester groups is 2. The number of ether oxygens (including phenoxy) is 3. The molecule has 3 N–H and O–H groups in total. The third-order valence-corrected chi connectivity index (χ3v) is 20.7. The number of halogens is 7. The summed E-state index contributed by atoms with van der Waals surface area (Å²) in [6.45, 7) is 7.72. The van der Waals surface area contributed by atoms with Crippen LogP contribution in [0.15, 0.2) is 36.4 Å². The molecule has 5 aliphatic rings. The topological polar surface area (TPSA) is 386 Å². The van der Waals surface area contributed by atoms with Crippen LogP contribution in [0, 0.1) is 32.1 Å². The average Bonchev–Trinajstić information content (AvgIpc) is 3.70. The van der Waals surface area contributed by atoms with E-state index in [1.54, 1.807) is 6.92 Å². The molecule has 77 heavy (non-hydrogen) atoms. The quantitative estimate of drug-likeness (QED) is 0.0560. The van der Waals surface area contributed by atoms with Crippen LogP contribution in [0.3, 0.4) is 0 Å². The number of non-ortho nitro benzene ring substituents is 2. The molecular formula is C34H43Cl7K4N2O25P5+. The first-order valence-corrected chi connectivity index (χ1v) is 30.6. The van der Waals surface area contributed by atoms with Crippen molar-refractivity contribution >= 4 is 131 Å². The Balaban J connectivity index is 0.00000103. The van der Waals surface area contributed by atoms with Crippen LogP contribution in [-0.2, 0) is 72.4 Å². The number of rotatable bonds is 13. The van der Waals surface area contributed by atoms with Gasteiger partial charge in [-0.25, -0.2) is 13.2 Å². The minimum absolute atomic E-state index is 0. The van der Waals surface area contributed by atoms with Gasteiger partial charge >= 0.3 is 221 Å². The molecule has 43 heteroatoms. The molecule has 27 nitrogen and oxygen atoms in total. The van der Waals surface area contributed by atoms with Crippen LogP contribution >= 0.6 is 120 Å². The largest absolute Gasteiger partial charge is 1.00 e. The Kier molecular flexibility index (Phi) is 37.9. The summed E-state index contributed by atoms with van der Waals surface area (Å²) in [5.74, 6) is 0.504. The van der Waals surface area contributed by atoms with E-state index in [0.717, 1.165) is 0 Å². The van der Waals surface area contributed by atoms with Crippen molar-refractivity contribution in [1.82, 2.24) is 0 Å². The number of phosphoric acid groups is 4. The fourth-order valence-corrected chi connectivity index (χ4v) is 12.8. The van der Waals surface area contributed by atoms with Gasteiger partial charge in [0, 0.05) is 47.2 Å². The number of nitrogens with zero attached hydrogens (tertiary/aromatic N) is 2. The number of aliphatic hydroxyl groups is 2. The Labute approximate surface area is 646 Å². The van der Waals surface area contributed by atoms with Gasteiger partial charge in [0.15, 0.2) is 4.33 Å². The van der Waals surface area contributed by atoms with E-state index in [0.29, 0.717) is 16.9 Å². The number of fused-ring (bicyclic) bond motifs is 2. The molecule has 14 atom stereocenters. The molecule has 7 rings (SSSR count). The molecule has 2 aromatic carbocycles. The van der Waals surface area contributed by atoms with Gasteiger partial charge in [-0.2, -0.15) is 0 Å². The number of alkyl halides is 6. The first-order chi connectivity index (χ1) is 33.3. The van der Waals surface area contributed by atoms with Crippen LogP contribution in [-0.4, -0.2) is 101 Å². The Morgan fingerprint density at radius 1 is 0.714 bits per heavy atom. The van der Waals surface area contributed by atoms with Crippen molar-refractivity contribution in [1.29, 1.82) is 0 Å². The van der Waals surface area contributed by atoms with E-state index < -0.39 is 99.0 Å². The Morgan fingerprint density at radius 3 is 1.58 bits per heavy atom. The molecule has 416 valence electrons. The first kappa shape index (κ1) is 83.2. The van der Waals surface area contributed by atoms with E-state index in [4.69, 9.17) is 128 Å². The van der Waals surface area contributed by atoms with Crippen molar-refractivity contribution in [2.45, 2.75) is 104 Å². The minimum atomic E-state index is -5.98. The Bertz CT molecular complexity index is 2510. The van der Waals surface area contributed by atoms with E-state index >= 15 is 0 Å². The summed E-state index contributed by atoms with van der Waals surface area (Å²) >= 11 is 41.5. The van der Waals surface area contributed by atoms with Gasteiger partial charge in [-0.05, 0) is 44.1 Å². The van der Waals surface area contributed by atoms with Crippen molar-refractivity contribution in [3.63, 3.8) is 0 Å². The molecule has 5 aliphatic heterocycles. The fraction of sp³-hybridized carbons (Fsp3) is 0.647. The average molecular weight is 1440 g/mol. The summed E-state index contributed by atoms with van der Waals surface area (Å²) in [6.07, 6.45) is -5.14. The third kappa shape index (κ3) is 24.7. The second-order valence-corrected chi connectivity index (χ2v) is 27.7. The Morgan fingerprint density at radius 2 is 1.17 bits per heavy atom. The monoisotopic (exact) mass is 1430 g/mol. The van der Waals surface area contributed by atoms with Crippen LogP contribution in [0.25, 0.3) is 0 Å². The zero-order valence-electron chi connectivity index (χ0n) is 41.8. The predicted molar refractivity (Wildman–Crippen MR) is 254 cm³/mol. The van der Waals surface area contributed by atoms with Gasteiger partial charge in [0.05, 0.1) is 73.4 Å². The number of hydrogen-bond donors (Lipinski definition) is 3. The zero-order valence-corrected chi connectivity index (χ0v) is 64.1. The van der Waals surface area contributed by atoms with Gasteiger partial charge in [-0.15, -0.1) is 0 Å². The summed E-state index contributed by atoms with van der Waals surface area (Å²) in [5, 5.41) is 39.8. The number of benzene rings is 2. The van der Waals surface area contributed by atoms with Crippen molar-refractivity contribution in [3.8, 4) is 11.5 Å². The summed E-state index contributed by atoms with van der Waals surface area (Å²) in [4.78, 5) is 60.9. The third-order valence-electron chi connectivity index (χ3n) is 10.8. The summed E-state index contributed by atoms with van der Waals surface area (Å²) in [7, 11) is -22.7. The predicted octanol–water partition coefficient (Wildman–Crippen LogP) is -4.46. The van der Waals surface area contributed by atoms with E-state index in [1.807, 2.05) is 20.8 Å². The molecule has 5 heterocycles. The summed E-state index contributed by atoms with van der Waals surface area (Å²) in [6, 6.07) is 8.27. The van der Waals surface area contributed by atoms with E-state index in [2.05, 4.69) is 13.1 Å². The van der Waals surface area contributed by atoms with Crippen LogP contribution in [0.5, 0.6) is 11.5 Å². The normalized spacial score (nSPS) is 31.1. The molecule has 0 spiro atoms. The number of hydrogen-bond acceptors (Lipinski definition) is 24. The Hall–Kier alpha value is 6.17. The zero-order chi connectivity index (χ0) is 55.4. The van der Waals surface area contributed by atoms with Crippen LogP contribution in [0.1, 0.15) is 45.7 Å². The van der Waals surface area contributed by atoms with Crippen molar-refractivity contribution in [3.05, 3.63) is 67.8 Å². The molecule has 3 saturated heterocycles. The second-order valence-electron chi connectivity index (χ2n) is 15.8. The molecule has 0 aromatic heterocycles. The van der Waals surface area contributed by atoms with E-state index in [9.17, 15) is 58.3 Å². The maximum absolute atomic E-state index is 12.6. The van der Waals surface area contributed by atoms with Gasteiger partial charge in [0.1, 0.15) is 32.4 Å². The van der Waals surface area contributed by atoms with Gasteiger partial charge in [-0.1, -0.05) is 83.5 Å². The maximum Gasteiger partial charge on any atom is 1.00 e. The smallest absolute Gasteiger partial charge is 0.756 e. The van der Waals surface area contributed by atoms with Gasteiger partial charge in [-0.3, -0.25) is 43.0 Å². The van der Waals surface area contributed by atoms with Crippen molar-refractivity contribution in [2.75, 3.05) is 19.8 Å². The van der Waals surface area contributed by atoms with Crippen molar-refractivity contribution < 1.29 is 313 Å². The number of nitro groups is 2. The molecule has 0 radical (unpaired) electrons. The van der Waals surface area contributed by atoms with E-state index in [1.165, 1.54) is 43.3 Å². The fourth-order valence-electron chi connectivity index (χ4n) is 6.57. The minimum Gasteiger partial charge on any atom is -0.756 e. The SMILES string of the molecule is C[C@@H]1O[C@H](CO)[C@@H](C)C1(Cl)Cl.C[C@@H]1O[C@H](COP(=O)([O-])OP(=O)([O-])OP(=O)([O-])O)[C@@H](O)C1(Cl)Cl.C[C@@H]1O[C@H](COP2(=O)OCc3cc([N+](=O)[O-])ccc3O2)[C@@H](C)C1(Cl)Cl.O=[N+]([O-])c1ccc2c(c1)COP(Cl)O2.[K+].[K+].[K+].[K+]. The van der Waals surface area contributed by atoms with Crippen LogP contribution in [0.2, 0.25) is 0 Å². The van der Waals surface area contributed by atoms with Crippen LogP contribution in [0.4, 0.5) is 11.4 Å². The second kappa shape index (κ2) is 35.1. The molecular weight excluding hydrogens is 1400 g/mol. The summed E-state index contributed by atoms with van der Waals surface area (Å²) in [5.41, 5.74) is 0.991.